The third-order valence-electron chi connectivity index (χ3n) is 3.42. The summed E-state index contributed by atoms with van der Waals surface area (Å²) >= 11 is 1.38. The van der Waals surface area contributed by atoms with Gasteiger partial charge < -0.3 is 25.3 Å². The Bertz CT molecular complexity index is 703. The molecule has 1 amide bonds. The van der Waals surface area contributed by atoms with Gasteiger partial charge in [0.15, 0.2) is 11.5 Å². The van der Waals surface area contributed by atoms with Gasteiger partial charge in [-0.05, 0) is 12.5 Å². The van der Waals surface area contributed by atoms with Crippen LogP contribution in [0.5, 0.6) is 17.2 Å². The number of amides is 1. The zero-order valence-electron chi connectivity index (χ0n) is 13.9. The molecular formula is C16H21N3O4S. The fraction of sp³-hybridized carbons (Fsp3) is 0.375. The summed E-state index contributed by atoms with van der Waals surface area (Å²) in [5.41, 5.74) is 6.80. The molecular weight excluding hydrogens is 330 g/mol. The van der Waals surface area contributed by atoms with Crippen LogP contribution >= 0.6 is 11.3 Å². The molecule has 2 rings (SSSR count). The van der Waals surface area contributed by atoms with Crippen LogP contribution in [0.1, 0.15) is 21.1 Å². The number of thiazole rings is 1. The van der Waals surface area contributed by atoms with E-state index in [4.69, 9.17) is 19.9 Å². The molecule has 0 saturated heterocycles. The minimum Gasteiger partial charge on any atom is -0.493 e. The van der Waals surface area contributed by atoms with E-state index in [9.17, 15) is 4.79 Å². The Hall–Kier alpha value is -2.32. The van der Waals surface area contributed by atoms with Crippen molar-refractivity contribution in [2.24, 2.45) is 5.73 Å². The van der Waals surface area contributed by atoms with Crippen molar-refractivity contribution in [3.05, 3.63) is 33.8 Å². The van der Waals surface area contributed by atoms with Crippen LogP contribution in [0.25, 0.3) is 0 Å². The van der Waals surface area contributed by atoms with E-state index in [1.54, 1.807) is 26.7 Å². The number of nitrogens with one attached hydrogen (secondary N) is 1. The summed E-state index contributed by atoms with van der Waals surface area (Å²) in [5.74, 6) is 1.52. The number of nitrogens with two attached hydrogens (primary N) is 1. The molecule has 0 aliphatic rings. The van der Waals surface area contributed by atoms with Gasteiger partial charge in [-0.1, -0.05) is 6.07 Å². The molecule has 0 spiro atoms. The van der Waals surface area contributed by atoms with Crippen LogP contribution in [-0.2, 0) is 13.0 Å². The molecule has 130 valence electrons. The highest BCUT2D eigenvalue weighted by molar-refractivity contribution is 7.09. The van der Waals surface area contributed by atoms with Gasteiger partial charge in [-0.2, -0.15) is 0 Å². The average Bonchev–Trinajstić information content (AvgIpc) is 3.10. The van der Waals surface area contributed by atoms with Gasteiger partial charge in [-0.25, -0.2) is 4.98 Å². The third kappa shape index (κ3) is 3.95. The molecule has 24 heavy (non-hydrogen) atoms. The zero-order chi connectivity index (χ0) is 17.5. The monoisotopic (exact) mass is 351 g/mol. The highest BCUT2D eigenvalue weighted by Gasteiger charge is 2.16. The Morgan fingerprint density at radius 1 is 1.21 bits per heavy atom. The van der Waals surface area contributed by atoms with Crippen molar-refractivity contribution in [1.82, 2.24) is 10.3 Å². The molecule has 1 heterocycles. The van der Waals surface area contributed by atoms with Crippen LogP contribution in [0.3, 0.4) is 0 Å². The summed E-state index contributed by atoms with van der Waals surface area (Å²) in [6, 6.07) is 3.70. The normalized spacial score (nSPS) is 10.3. The fourth-order valence-electron chi connectivity index (χ4n) is 2.27. The molecule has 1 aromatic carbocycles. The molecule has 8 heteroatoms. The Kier molecular flexibility index (Phi) is 6.39. The van der Waals surface area contributed by atoms with Crippen molar-refractivity contribution >= 4 is 17.2 Å². The van der Waals surface area contributed by atoms with Crippen LogP contribution in [0.2, 0.25) is 0 Å². The second-order valence-electron chi connectivity index (χ2n) is 4.83. The number of aromatic nitrogens is 1. The fourth-order valence-corrected chi connectivity index (χ4v) is 2.92. The first-order chi connectivity index (χ1) is 11.6. The maximum atomic E-state index is 12.1. The van der Waals surface area contributed by atoms with Crippen molar-refractivity contribution < 1.29 is 19.0 Å². The highest BCUT2D eigenvalue weighted by atomic mass is 32.1. The molecule has 1 aromatic heterocycles. The predicted octanol–water partition coefficient (Wildman–Crippen LogP) is 1.60. The van der Waals surface area contributed by atoms with Crippen molar-refractivity contribution in [2.75, 3.05) is 27.9 Å². The highest BCUT2D eigenvalue weighted by Crippen LogP contribution is 2.39. The van der Waals surface area contributed by atoms with E-state index < -0.39 is 0 Å². The maximum Gasteiger partial charge on any atom is 0.270 e. The summed E-state index contributed by atoms with van der Waals surface area (Å²) in [6.45, 7) is 0.779. The predicted molar refractivity (Wildman–Crippen MR) is 92.1 cm³/mol. The molecule has 7 nitrogen and oxygen atoms in total. The number of hydrogen-bond acceptors (Lipinski definition) is 7. The van der Waals surface area contributed by atoms with E-state index in [0.29, 0.717) is 42.5 Å². The van der Waals surface area contributed by atoms with Gasteiger partial charge in [0.25, 0.3) is 5.91 Å². The van der Waals surface area contributed by atoms with Crippen LogP contribution in [-0.4, -0.2) is 38.8 Å². The van der Waals surface area contributed by atoms with Gasteiger partial charge in [0.05, 0.1) is 21.3 Å². The number of benzene rings is 1. The van der Waals surface area contributed by atoms with Gasteiger partial charge >= 0.3 is 0 Å². The quantitative estimate of drug-likeness (QED) is 0.750. The van der Waals surface area contributed by atoms with E-state index >= 15 is 0 Å². The summed E-state index contributed by atoms with van der Waals surface area (Å²) in [5, 5.41) is 5.28. The first-order valence-corrected chi connectivity index (χ1v) is 8.23. The molecule has 0 atom stereocenters. The standard InChI is InChI=1S/C16H21N3O4S/c1-21-12-5-4-10(14(22-2)15(12)23-3)6-7-18-16(20)11-9-24-13(8-17)19-11/h4-5,9H,6-8,17H2,1-3H3,(H,18,20). The number of hydrogen-bond donors (Lipinski definition) is 2. The van der Waals surface area contributed by atoms with E-state index in [0.717, 1.165) is 10.6 Å². The molecule has 0 fully saturated rings. The molecule has 0 unspecified atom stereocenters. The SMILES string of the molecule is COc1ccc(CCNC(=O)c2csc(CN)n2)c(OC)c1OC. The minimum absolute atomic E-state index is 0.217. The van der Waals surface area contributed by atoms with E-state index in [2.05, 4.69) is 10.3 Å². The third-order valence-corrected chi connectivity index (χ3v) is 4.30. The topological polar surface area (TPSA) is 95.7 Å². The molecule has 3 N–H and O–H groups in total. The van der Waals surface area contributed by atoms with Crippen molar-refractivity contribution in [3.8, 4) is 17.2 Å². The number of carbonyl (C=O) groups is 1. The van der Waals surface area contributed by atoms with Crippen LogP contribution in [0, 0.1) is 0 Å². The molecule has 0 radical (unpaired) electrons. The lowest BCUT2D eigenvalue weighted by molar-refractivity contribution is 0.0949. The van der Waals surface area contributed by atoms with Crippen LogP contribution in [0.4, 0.5) is 0 Å². The number of rotatable bonds is 8. The number of methoxy groups -OCH3 is 3. The van der Waals surface area contributed by atoms with Gasteiger partial charge in [0, 0.05) is 24.0 Å². The lowest BCUT2D eigenvalue weighted by Gasteiger charge is -2.15. The van der Waals surface area contributed by atoms with E-state index in [1.807, 2.05) is 12.1 Å². The number of carbonyl (C=O) groups excluding carboxylic acids is 1. The lowest BCUT2D eigenvalue weighted by Crippen LogP contribution is -2.26. The molecule has 0 saturated carbocycles. The summed E-state index contributed by atoms with van der Waals surface area (Å²) < 4.78 is 16.0. The first kappa shape index (κ1) is 18.0. The van der Waals surface area contributed by atoms with Crippen LogP contribution in [0.15, 0.2) is 17.5 Å². The Balaban J connectivity index is 2.02. The van der Waals surface area contributed by atoms with Crippen molar-refractivity contribution in [2.45, 2.75) is 13.0 Å². The average molecular weight is 351 g/mol. The van der Waals surface area contributed by atoms with Gasteiger partial charge in [0.1, 0.15) is 10.7 Å². The molecule has 0 bridgehead atoms. The molecule has 0 aliphatic heterocycles. The van der Waals surface area contributed by atoms with Crippen LogP contribution < -0.4 is 25.3 Å². The zero-order valence-corrected chi connectivity index (χ0v) is 14.7. The Morgan fingerprint density at radius 2 is 1.96 bits per heavy atom. The number of nitrogens with zero attached hydrogens (tertiary/aromatic N) is 1. The molecule has 2 aromatic rings. The summed E-state index contributed by atoms with van der Waals surface area (Å²) in [6.07, 6.45) is 0.586. The van der Waals surface area contributed by atoms with Gasteiger partial charge in [0.2, 0.25) is 5.75 Å². The Morgan fingerprint density at radius 3 is 2.54 bits per heavy atom. The van der Waals surface area contributed by atoms with E-state index in [-0.39, 0.29) is 5.91 Å². The summed E-state index contributed by atoms with van der Waals surface area (Å²) in [7, 11) is 4.70. The minimum atomic E-state index is -0.217. The van der Waals surface area contributed by atoms with Gasteiger partial charge in [-0.15, -0.1) is 11.3 Å². The molecule has 0 aliphatic carbocycles. The van der Waals surface area contributed by atoms with Gasteiger partial charge in [-0.3, -0.25) is 4.79 Å². The number of ether oxygens (including phenoxy) is 3. The maximum absolute atomic E-state index is 12.1. The summed E-state index contributed by atoms with van der Waals surface area (Å²) in [4.78, 5) is 16.2. The van der Waals surface area contributed by atoms with Crippen molar-refractivity contribution in [1.29, 1.82) is 0 Å². The second-order valence-corrected chi connectivity index (χ2v) is 5.77. The smallest absolute Gasteiger partial charge is 0.270 e. The Labute approximate surface area is 144 Å². The largest absolute Gasteiger partial charge is 0.493 e. The first-order valence-electron chi connectivity index (χ1n) is 7.35. The lowest BCUT2D eigenvalue weighted by atomic mass is 10.1. The second kappa shape index (κ2) is 8.51. The van der Waals surface area contributed by atoms with E-state index in [1.165, 1.54) is 11.3 Å². The van der Waals surface area contributed by atoms with Crippen molar-refractivity contribution in [3.63, 3.8) is 0 Å².